The molecule has 0 atom stereocenters. The maximum atomic E-state index is 14.2. The summed E-state index contributed by atoms with van der Waals surface area (Å²) >= 11 is 0. The Morgan fingerprint density at radius 2 is 2.00 bits per heavy atom. The summed E-state index contributed by atoms with van der Waals surface area (Å²) in [7, 11) is 1.91. The van der Waals surface area contributed by atoms with Gasteiger partial charge in [0, 0.05) is 19.1 Å². The van der Waals surface area contributed by atoms with Gasteiger partial charge in [-0.2, -0.15) is 0 Å². The van der Waals surface area contributed by atoms with Crippen molar-refractivity contribution in [3.8, 4) is 0 Å². The smallest absolute Gasteiger partial charge is 0.187 e. The van der Waals surface area contributed by atoms with E-state index in [1.807, 2.05) is 18.9 Å². The highest BCUT2D eigenvalue weighted by Crippen LogP contribution is 2.26. The first-order chi connectivity index (χ1) is 8.63. The Morgan fingerprint density at radius 1 is 1.33 bits per heavy atom. The van der Waals surface area contributed by atoms with Crippen LogP contribution in [0.2, 0.25) is 0 Å². The van der Waals surface area contributed by atoms with Crippen LogP contribution in [0.15, 0.2) is 6.33 Å². The first-order valence-corrected chi connectivity index (χ1v) is 6.61. The van der Waals surface area contributed by atoms with E-state index in [0.29, 0.717) is 30.0 Å². The fourth-order valence-corrected chi connectivity index (χ4v) is 2.55. The van der Waals surface area contributed by atoms with Crippen LogP contribution in [-0.4, -0.2) is 29.1 Å². The van der Waals surface area contributed by atoms with E-state index in [1.165, 1.54) is 6.33 Å². The van der Waals surface area contributed by atoms with Gasteiger partial charge in [0.1, 0.15) is 6.33 Å². The Hall–Kier alpha value is -1.23. The van der Waals surface area contributed by atoms with E-state index in [-0.39, 0.29) is 5.82 Å². The zero-order valence-corrected chi connectivity index (χ0v) is 11.1. The number of nitrogens with zero attached hydrogens (tertiary/aromatic N) is 3. The summed E-state index contributed by atoms with van der Waals surface area (Å²) in [4.78, 5) is 10.0. The highest BCUT2D eigenvalue weighted by molar-refractivity contribution is 5.41. The van der Waals surface area contributed by atoms with Crippen molar-refractivity contribution in [1.29, 1.82) is 0 Å². The zero-order valence-electron chi connectivity index (χ0n) is 11.1. The van der Waals surface area contributed by atoms with Crippen LogP contribution >= 0.6 is 0 Å². The molecule has 100 valence electrons. The van der Waals surface area contributed by atoms with E-state index < -0.39 is 0 Å². The number of aromatic nitrogens is 2. The normalized spacial score (nSPS) is 24.0. The molecule has 1 fully saturated rings. The second kappa shape index (κ2) is 5.61. The molecule has 0 spiro atoms. The molecule has 18 heavy (non-hydrogen) atoms. The van der Waals surface area contributed by atoms with E-state index in [4.69, 9.17) is 5.73 Å². The van der Waals surface area contributed by atoms with Crippen molar-refractivity contribution in [2.24, 2.45) is 5.73 Å². The lowest BCUT2D eigenvalue weighted by Gasteiger charge is -2.34. The SMILES string of the molecule is CCc1ncnc(N(C)C2CCC(N)CC2)c1F. The van der Waals surface area contributed by atoms with Gasteiger partial charge in [0.25, 0.3) is 0 Å². The van der Waals surface area contributed by atoms with Crippen LogP contribution < -0.4 is 10.6 Å². The Labute approximate surface area is 107 Å². The Bertz CT molecular complexity index is 402. The molecule has 1 heterocycles. The van der Waals surface area contributed by atoms with Crippen LogP contribution in [0.5, 0.6) is 0 Å². The van der Waals surface area contributed by atoms with E-state index >= 15 is 0 Å². The van der Waals surface area contributed by atoms with Crippen LogP contribution in [0.25, 0.3) is 0 Å². The molecule has 1 aromatic rings. The summed E-state index contributed by atoms with van der Waals surface area (Å²) in [6.07, 6.45) is 6.04. The number of nitrogens with two attached hydrogens (primary N) is 1. The molecule has 5 heteroatoms. The van der Waals surface area contributed by atoms with Crippen molar-refractivity contribution in [1.82, 2.24) is 9.97 Å². The molecule has 0 saturated heterocycles. The van der Waals surface area contributed by atoms with Gasteiger partial charge in [-0.15, -0.1) is 0 Å². The van der Waals surface area contributed by atoms with Crippen LogP contribution in [0.4, 0.5) is 10.2 Å². The third kappa shape index (κ3) is 2.61. The molecular formula is C13H21FN4. The molecule has 1 aliphatic carbocycles. The van der Waals surface area contributed by atoms with Gasteiger partial charge in [0.2, 0.25) is 0 Å². The molecule has 1 aromatic heterocycles. The molecule has 1 aliphatic rings. The predicted molar refractivity (Wildman–Crippen MR) is 70.0 cm³/mol. The minimum atomic E-state index is -0.280. The molecule has 0 unspecified atom stereocenters. The van der Waals surface area contributed by atoms with Crippen LogP contribution in [0.3, 0.4) is 0 Å². The van der Waals surface area contributed by atoms with Gasteiger partial charge in [-0.25, -0.2) is 14.4 Å². The van der Waals surface area contributed by atoms with Gasteiger partial charge >= 0.3 is 0 Å². The molecule has 1 saturated carbocycles. The van der Waals surface area contributed by atoms with Gasteiger partial charge in [-0.3, -0.25) is 0 Å². The number of aryl methyl sites for hydroxylation is 1. The topological polar surface area (TPSA) is 55.0 Å². The Morgan fingerprint density at radius 3 is 2.61 bits per heavy atom. The summed E-state index contributed by atoms with van der Waals surface area (Å²) < 4.78 is 14.2. The number of rotatable bonds is 3. The summed E-state index contributed by atoms with van der Waals surface area (Å²) in [5.41, 5.74) is 6.38. The number of halogens is 1. The van der Waals surface area contributed by atoms with Gasteiger partial charge in [-0.1, -0.05) is 6.92 Å². The minimum absolute atomic E-state index is 0.280. The lowest BCUT2D eigenvalue weighted by atomic mass is 9.91. The largest absolute Gasteiger partial charge is 0.354 e. The van der Waals surface area contributed by atoms with Crippen molar-refractivity contribution >= 4 is 5.82 Å². The predicted octanol–water partition coefficient (Wildman–Crippen LogP) is 1.88. The van der Waals surface area contributed by atoms with Crippen molar-refractivity contribution in [2.75, 3.05) is 11.9 Å². The zero-order chi connectivity index (χ0) is 13.1. The monoisotopic (exact) mass is 252 g/mol. The molecule has 2 N–H and O–H groups in total. The number of hydrogen-bond donors (Lipinski definition) is 1. The highest BCUT2D eigenvalue weighted by Gasteiger charge is 2.25. The molecule has 0 radical (unpaired) electrons. The van der Waals surface area contributed by atoms with Crippen LogP contribution in [0.1, 0.15) is 38.3 Å². The van der Waals surface area contributed by atoms with Crippen molar-refractivity contribution < 1.29 is 4.39 Å². The van der Waals surface area contributed by atoms with Crippen molar-refractivity contribution in [2.45, 2.75) is 51.1 Å². The maximum Gasteiger partial charge on any atom is 0.187 e. The van der Waals surface area contributed by atoms with E-state index in [0.717, 1.165) is 25.7 Å². The first-order valence-electron chi connectivity index (χ1n) is 6.61. The molecule has 0 aromatic carbocycles. The highest BCUT2D eigenvalue weighted by atomic mass is 19.1. The molecule has 0 bridgehead atoms. The molecule has 0 amide bonds. The Balaban J connectivity index is 2.15. The van der Waals surface area contributed by atoms with Crippen LogP contribution in [0, 0.1) is 5.82 Å². The van der Waals surface area contributed by atoms with Gasteiger partial charge in [0.05, 0.1) is 5.69 Å². The number of anilines is 1. The first kappa shape index (κ1) is 13.2. The van der Waals surface area contributed by atoms with Crippen molar-refractivity contribution in [3.05, 3.63) is 17.8 Å². The van der Waals surface area contributed by atoms with E-state index in [2.05, 4.69) is 9.97 Å². The third-order valence-electron chi connectivity index (χ3n) is 3.80. The molecule has 4 nitrogen and oxygen atoms in total. The van der Waals surface area contributed by atoms with E-state index in [1.54, 1.807) is 0 Å². The second-order valence-corrected chi connectivity index (χ2v) is 4.99. The summed E-state index contributed by atoms with van der Waals surface area (Å²) in [5.74, 6) is 0.139. The summed E-state index contributed by atoms with van der Waals surface area (Å²) in [6, 6.07) is 0.634. The molecular weight excluding hydrogens is 231 g/mol. The average Bonchev–Trinajstić information content (AvgIpc) is 2.39. The van der Waals surface area contributed by atoms with E-state index in [9.17, 15) is 4.39 Å². The summed E-state index contributed by atoms with van der Waals surface area (Å²) in [5, 5.41) is 0. The molecule has 2 rings (SSSR count). The fourth-order valence-electron chi connectivity index (χ4n) is 2.55. The maximum absolute atomic E-state index is 14.2. The number of hydrogen-bond acceptors (Lipinski definition) is 4. The second-order valence-electron chi connectivity index (χ2n) is 4.99. The lowest BCUT2D eigenvalue weighted by molar-refractivity contribution is 0.381. The van der Waals surface area contributed by atoms with Gasteiger partial charge < -0.3 is 10.6 Å². The quantitative estimate of drug-likeness (QED) is 0.892. The Kier molecular flexibility index (Phi) is 4.11. The molecule has 0 aliphatic heterocycles. The minimum Gasteiger partial charge on any atom is -0.354 e. The average molecular weight is 252 g/mol. The third-order valence-corrected chi connectivity index (χ3v) is 3.80. The fraction of sp³-hybridized carbons (Fsp3) is 0.692. The van der Waals surface area contributed by atoms with Gasteiger partial charge in [-0.05, 0) is 32.1 Å². The van der Waals surface area contributed by atoms with Gasteiger partial charge in [0.15, 0.2) is 11.6 Å². The summed E-state index contributed by atoms with van der Waals surface area (Å²) in [6.45, 7) is 1.90. The van der Waals surface area contributed by atoms with Crippen molar-refractivity contribution in [3.63, 3.8) is 0 Å². The van der Waals surface area contributed by atoms with Crippen LogP contribution in [-0.2, 0) is 6.42 Å². The standard InChI is InChI=1S/C13H21FN4/c1-3-11-12(14)13(17-8-16-11)18(2)10-6-4-9(15)5-7-10/h8-10H,3-7,15H2,1-2H3. The lowest BCUT2D eigenvalue weighted by Crippen LogP contribution is -2.39.